The summed E-state index contributed by atoms with van der Waals surface area (Å²) in [4.78, 5) is 7.23. The molecule has 0 amide bonds. The highest BCUT2D eigenvalue weighted by molar-refractivity contribution is 5.43. The SMILES string of the molecule is Cc1nc(N2CC(C)C(C)C2)ccc1CNC(C)(C)C. The molecule has 1 fully saturated rings. The summed E-state index contributed by atoms with van der Waals surface area (Å²) in [7, 11) is 0. The van der Waals surface area contributed by atoms with Crippen LogP contribution in [0.4, 0.5) is 5.82 Å². The van der Waals surface area contributed by atoms with Crippen molar-refractivity contribution in [2.24, 2.45) is 11.8 Å². The van der Waals surface area contributed by atoms with Crippen molar-refractivity contribution < 1.29 is 0 Å². The average molecular weight is 275 g/mol. The normalized spacial score (nSPS) is 23.4. The van der Waals surface area contributed by atoms with Crippen molar-refractivity contribution in [1.82, 2.24) is 10.3 Å². The lowest BCUT2D eigenvalue weighted by molar-refractivity contribution is 0.423. The number of aromatic nitrogens is 1. The van der Waals surface area contributed by atoms with Crippen LogP contribution in [0.2, 0.25) is 0 Å². The smallest absolute Gasteiger partial charge is 0.128 e. The van der Waals surface area contributed by atoms with E-state index in [0.29, 0.717) is 0 Å². The van der Waals surface area contributed by atoms with Crippen LogP contribution in [0, 0.1) is 18.8 Å². The van der Waals surface area contributed by atoms with Crippen molar-refractivity contribution in [2.45, 2.75) is 53.6 Å². The molecule has 1 aromatic heterocycles. The molecule has 112 valence electrons. The van der Waals surface area contributed by atoms with Crippen molar-refractivity contribution in [1.29, 1.82) is 0 Å². The number of hydrogen-bond acceptors (Lipinski definition) is 3. The van der Waals surface area contributed by atoms with E-state index in [9.17, 15) is 0 Å². The Morgan fingerprint density at radius 1 is 1.20 bits per heavy atom. The van der Waals surface area contributed by atoms with E-state index in [1.54, 1.807) is 0 Å². The van der Waals surface area contributed by atoms with Crippen LogP contribution >= 0.6 is 0 Å². The molecular formula is C17H29N3. The molecule has 0 aromatic carbocycles. The van der Waals surface area contributed by atoms with Crippen molar-refractivity contribution in [3.63, 3.8) is 0 Å². The molecule has 20 heavy (non-hydrogen) atoms. The van der Waals surface area contributed by atoms with Gasteiger partial charge in [-0.2, -0.15) is 0 Å². The fourth-order valence-electron chi connectivity index (χ4n) is 2.62. The van der Waals surface area contributed by atoms with Crippen LogP contribution < -0.4 is 10.2 Å². The first-order valence-corrected chi connectivity index (χ1v) is 7.73. The van der Waals surface area contributed by atoms with Gasteiger partial charge in [-0.05, 0) is 51.2 Å². The Labute approximate surface area is 123 Å². The van der Waals surface area contributed by atoms with Crippen LogP contribution in [0.15, 0.2) is 12.1 Å². The second-order valence-corrected chi connectivity index (χ2v) is 7.38. The number of pyridine rings is 1. The van der Waals surface area contributed by atoms with Gasteiger partial charge < -0.3 is 10.2 Å². The maximum atomic E-state index is 4.81. The summed E-state index contributed by atoms with van der Waals surface area (Å²) in [6.07, 6.45) is 0. The highest BCUT2D eigenvalue weighted by atomic mass is 15.2. The lowest BCUT2D eigenvalue weighted by Gasteiger charge is -2.22. The van der Waals surface area contributed by atoms with Crippen molar-refractivity contribution in [3.05, 3.63) is 23.4 Å². The van der Waals surface area contributed by atoms with Gasteiger partial charge in [-0.15, -0.1) is 0 Å². The van der Waals surface area contributed by atoms with Gasteiger partial charge in [0.15, 0.2) is 0 Å². The highest BCUT2D eigenvalue weighted by Crippen LogP contribution is 2.27. The van der Waals surface area contributed by atoms with Crippen molar-refractivity contribution in [3.8, 4) is 0 Å². The molecule has 1 aliphatic rings. The van der Waals surface area contributed by atoms with Crippen LogP contribution in [0.5, 0.6) is 0 Å². The summed E-state index contributed by atoms with van der Waals surface area (Å²) in [6.45, 7) is 16.5. The first kappa shape index (κ1) is 15.3. The second-order valence-electron chi connectivity index (χ2n) is 7.38. The van der Waals surface area contributed by atoms with Gasteiger partial charge >= 0.3 is 0 Å². The Morgan fingerprint density at radius 2 is 1.80 bits per heavy atom. The van der Waals surface area contributed by atoms with E-state index in [-0.39, 0.29) is 5.54 Å². The third-order valence-corrected chi connectivity index (χ3v) is 4.30. The quantitative estimate of drug-likeness (QED) is 0.916. The Kier molecular flexibility index (Phi) is 4.38. The molecule has 1 aliphatic heterocycles. The van der Waals surface area contributed by atoms with E-state index in [0.717, 1.165) is 43.0 Å². The zero-order chi connectivity index (χ0) is 14.9. The standard InChI is InChI=1S/C17H29N3/c1-12-10-20(11-13(12)2)16-8-7-15(14(3)19-16)9-18-17(4,5)6/h7-8,12-13,18H,9-11H2,1-6H3. The molecule has 1 aromatic rings. The third-order valence-electron chi connectivity index (χ3n) is 4.30. The van der Waals surface area contributed by atoms with Crippen LogP contribution in [-0.2, 0) is 6.54 Å². The Morgan fingerprint density at radius 3 is 2.30 bits per heavy atom. The molecule has 0 radical (unpaired) electrons. The fraction of sp³-hybridized carbons (Fsp3) is 0.706. The van der Waals surface area contributed by atoms with Crippen LogP contribution in [0.25, 0.3) is 0 Å². The van der Waals surface area contributed by atoms with E-state index in [4.69, 9.17) is 4.98 Å². The summed E-state index contributed by atoms with van der Waals surface area (Å²) in [5, 5.41) is 3.53. The topological polar surface area (TPSA) is 28.2 Å². The van der Waals surface area contributed by atoms with Gasteiger partial charge in [0.1, 0.15) is 5.82 Å². The van der Waals surface area contributed by atoms with Crippen molar-refractivity contribution in [2.75, 3.05) is 18.0 Å². The Bertz CT molecular complexity index is 452. The molecule has 0 spiro atoms. The van der Waals surface area contributed by atoms with Crippen LogP contribution in [-0.4, -0.2) is 23.6 Å². The van der Waals surface area contributed by atoms with E-state index >= 15 is 0 Å². The molecule has 2 rings (SSSR count). The van der Waals surface area contributed by atoms with Gasteiger partial charge in [0.25, 0.3) is 0 Å². The minimum Gasteiger partial charge on any atom is -0.356 e. The maximum absolute atomic E-state index is 4.81. The second kappa shape index (κ2) is 5.72. The van der Waals surface area contributed by atoms with Gasteiger partial charge in [0.05, 0.1) is 0 Å². The molecule has 2 atom stereocenters. The summed E-state index contributed by atoms with van der Waals surface area (Å²) < 4.78 is 0. The third kappa shape index (κ3) is 3.72. The zero-order valence-corrected chi connectivity index (χ0v) is 13.8. The van der Waals surface area contributed by atoms with Gasteiger partial charge in [-0.1, -0.05) is 19.9 Å². The number of rotatable bonds is 3. The predicted octanol–water partition coefficient (Wildman–Crippen LogP) is 3.37. The predicted molar refractivity (Wildman–Crippen MR) is 86.1 cm³/mol. The molecular weight excluding hydrogens is 246 g/mol. The largest absolute Gasteiger partial charge is 0.356 e. The van der Waals surface area contributed by atoms with E-state index in [1.165, 1.54) is 5.56 Å². The number of nitrogens with one attached hydrogen (secondary N) is 1. The van der Waals surface area contributed by atoms with Gasteiger partial charge in [0.2, 0.25) is 0 Å². The highest BCUT2D eigenvalue weighted by Gasteiger charge is 2.26. The van der Waals surface area contributed by atoms with E-state index < -0.39 is 0 Å². The molecule has 3 heteroatoms. The van der Waals surface area contributed by atoms with E-state index in [2.05, 4.69) is 63.9 Å². The number of nitrogens with zero attached hydrogens (tertiary/aromatic N) is 2. The first-order chi connectivity index (χ1) is 9.26. The minimum atomic E-state index is 0.144. The number of hydrogen-bond donors (Lipinski definition) is 1. The molecule has 1 N–H and O–H groups in total. The van der Waals surface area contributed by atoms with Gasteiger partial charge in [-0.25, -0.2) is 4.98 Å². The number of aryl methyl sites for hydroxylation is 1. The van der Waals surface area contributed by atoms with Gasteiger partial charge in [-0.3, -0.25) is 0 Å². The molecule has 0 bridgehead atoms. The van der Waals surface area contributed by atoms with Crippen LogP contribution in [0.3, 0.4) is 0 Å². The lowest BCUT2D eigenvalue weighted by Crippen LogP contribution is -2.35. The first-order valence-electron chi connectivity index (χ1n) is 7.73. The lowest BCUT2D eigenvalue weighted by atomic mass is 10.0. The minimum absolute atomic E-state index is 0.144. The zero-order valence-electron chi connectivity index (χ0n) is 13.8. The molecule has 3 nitrogen and oxygen atoms in total. The fourth-order valence-corrected chi connectivity index (χ4v) is 2.62. The molecule has 1 saturated heterocycles. The molecule has 0 aliphatic carbocycles. The average Bonchev–Trinajstić information content (AvgIpc) is 2.67. The monoisotopic (exact) mass is 275 g/mol. The van der Waals surface area contributed by atoms with Gasteiger partial charge in [0, 0.05) is 30.9 Å². The van der Waals surface area contributed by atoms with Crippen molar-refractivity contribution >= 4 is 5.82 Å². The summed E-state index contributed by atoms with van der Waals surface area (Å²) in [6, 6.07) is 4.40. The summed E-state index contributed by atoms with van der Waals surface area (Å²) in [5.41, 5.74) is 2.58. The molecule has 0 saturated carbocycles. The Balaban J connectivity index is 2.06. The molecule has 2 heterocycles. The Hall–Kier alpha value is -1.09. The maximum Gasteiger partial charge on any atom is 0.128 e. The molecule has 2 unspecified atom stereocenters. The summed E-state index contributed by atoms with van der Waals surface area (Å²) in [5.74, 6) is 2.66. The van der Waals surface area contributed by atoms with Crippen LogP contribution in [0.1, 0.15) is 45.9 Å². The number of anilines is 1. The summed E-state index contributed by atoms with van der Waals surface area (Å²) >= 11 is 0. The van der Waals surface area contributed by atoms with E-state index in [1.807, 2.05) is 0 Å².